The number of halogens is 2. The van der Waals surface area contributed by atoms with Gasteiger partial charge in [-0.2, -0.15) is 0 Å². The molecular weight excluding hydrogens is 295 g/mol. The minimum Gasteiger partial charge on any atom is -0.497 e. The maximum Gasteiger partial charge on any atom is 0.185 e. The highest BCUT2D eigenvalue weighted by molar-refractivity contribution is 9.10. The van der Waals surface area contributed by atoms with E-state index in [1.807, 2.05) is 18.2 Å². The van der Waals surface area contributed by atoms with Crippen LogP contribution in [0.5, 0.6) is 5.75 Å². The molecule has 1 fully saturated rings. The van der Waals surface area contributed by atoms with Crippen molar-refractivity contribution in [3.05, 3.63) is 28.2 Å². The van der Waals surface area contributed by atoms with Crippen molar-refractivity contribution in [1.29, 1.82) is 0 Å². The molecule has 3 nitrogen and oxygen atoms in total. The first-order chi connectivity index (χ1) is 7.74. The summed E-state index contributed by atoms with van der Waals surface area (Å²) in [6, 6.07) is 5.68. The minimum atomic E-state index is -0.367. The second kappa shape index (κ2) is 5.36. The molecule has 0 saturated carbocycles. The van der Waals surface area contributed by atoms with Gasteiger partial charge in [0.1, 0.15) is 5.75 Å². The first kappa shape index (κ1) is 12.2. The molecule has 88 valence electrons. The van der Waals surface area contributed by atoms with Gasteiger partial charge in [-0.25, -0.2) is 0 Å². The van der Waals surface area contributed by atoms with Crippen LogP contribution in [0.2, 0.25) is 0 Å². The Morgan fingerprint density at radius 1 is 1.56 bits per heavy atom. The van der Waals surface area contributed by atoms with Gasteiger partial charge in [-0.15, -0.1) is 11.6 Å². The molecule has 0 amide bonds. The highest BCUT2D eigenvalue weighted by Gasteiger charge is 2.28. The molecule has 1 aromatic rings. The molecule has 0 N–H and O–H groups in total. The van der Waals surface area contributed by atoms with Gasteiger partial charge in [0, 0.05) is 10.0 Å². The van der Waals surface area contributed by atoms with Crippen molar-refractivity contribution in [3.63, 3.8) is 0 Å². The number of methoxy groups -OCH3 is 1. The van der Waals surface area contributed by atoms with E-state index in [4.69, 9.17) is 25.8 Å². The number of hydrogen-bond acceptors (Lipinski definition) is 3. The standard InChI is InChI=1S/C11H12BrClO3/c1-14-7-2-3-10(12)9(4-7)11-15-6-8(5-13)16-11/h2-4,8,11H,5-6H2,1H3. The fourth-order valence-corrected chi connectivity index (χ4v) is 2.12. The topological polar surface area (TPSA) is 27.7 Å². The van der Waals surface area contributed by atoms with Crippen molar-refractivity contribution in [2.75, 3.05) is 19.6 Å². The van der Waals surface area contributed by atoms with Gasteiger partial charge >= 0.3 is 0 Å². The lowest BCUT2D eigenvalue weighted by molar-refractivity contribution is -0.0573. The van der Waals surface area contributed by atoms with E-state index < -0.39 is 0 Å². The van der Waals surface area contributed by atoms with Gasteiger partial charge in [-0.05, 0) is 18.2 Å². The van der Waals surface area contributed by atoms with Crippen molar-refractivity contribution >= 4 is 27.5 Å². The van der Waals surface area contributed by atoms with Gasteiger partial charge in [0.05, 0.1) is 25.7 Å². The van der Waals surface area contributed by atoms with Gasteiger partial charge in [0.15, 0.2) is 6.29 Å². The lowest BCUT2D eigenvalue weighted by atomic mass is 10.2. The lowest BCUT2D eigenvalue weighted by Crippen LogP contribution is -2.11. The van der Waals surface area contributed by atoms with Gasteiger partial charge in [0.25, 0.3) is 0 Å². The molecule has 0 radical (unpaired) electrons. The van der Waals surface area contributed by atoms with Crippen molar-refractivity contribution in [1.82, 2.24) is 0 Å². The quantitative estimate of drug-likeness (QED) is 0.803. The number of rotatable bonds is 3. The van der Waals surface area contributed by atoms with Crippen molar-refractivity contribution < 1.29 is 14.2 Å². The van der Waals surface area contributed by atoms with Gasteiger partial charge in [-0.3, -0.25) is 0 Å². The van der Waals surface area contributed by atoms with Gasteiger partial charge in [-0.1, -0.05) is 15.9 Å². The Balaban J connectivity index is 2.20. The van der Waals surface area contributed by atoms with Crippen LogP contribution in [0.1, 0.15) is 11.9 Å². The second-order valence-electron chi connectivity index (χ2n) is 3.47. The van der Waals surface area contributed by atoms with Crippen LogP contribution in [-0.2, 0) is 9.47 Å². The van der Waals surface area contributed by atoms with Crippen LogP contribution < -0.4 is 4.74 Å². The van der Waals surface area contributed by atoms with E-state index in [2.05, 4.69) is 15.9 Å². The summed E-state index contributed by atoms with van der Waals surface area (Å²) < 4.78 is 17.3. The third-order valence-corrected chi connectivity index (χ3v) is 3.45. The average Bonchev–Trinajstić information content (AvgIpc) is 2.78. The van der Waals surface area contributed by atoms with Crippen LogP contribution >= 0.6 is 27.5 Å². The first-order valence-corrected chi connectivity index (χ1v) is 6.24. The molecule has 1 aliphatic rings. The third kappa shape index (κ3) is 2.51. The summed E-state index contributed by atoms with van der Waals surface area (Å²) in [7, 11) is 1.63. The molecule has 5 heteroatoms. The molecule has 16 heavy (non-hydrogen) atoms. The molecule has 1 heterocycles. The second-order valence-corrected chi connectivity index (χ2v) is 4.63. The Kier molecular flexibility index (Phi) is 4.08. The van der Waals surface area contributed by atoms with Gasteiger partial charge < -0.3 is 14.2 Å². The molecule has 1 aliphatic heterocycles. The van der Waals surface area contributed by atoms with Gasteiger partial charge in [0.2, 0.25) is 0 Å². The lowest BCUT2D eigenvalue weighted by Gasteiger charge is -2.13. The number of alkyl halides is 1. The predicted molar refractivity (Wildman–Crippen MR) is 65.0 cm³/mol. The molecule has 1 saturated heterocycles. The van der Waals surface area contributed by atoms with E-state index in [-0.39, 0.29) is 12.4 Å². The summed E-state index contributed by atoms with van der Waals surface area (Å²) in [4.78, 5) is 0. The molecular formula is C11H12BrClO3. The largest absolute Gasteiger partial charge is 0.497 e. The molecule has 2 unspecified atom stereocenters. The molecule has 0 bridgehead atoms. The Bertz CT molecular complexity index is 372. The highest BCUT2D eigenvalue weighted by Crippen LogP contribution is 2.34. The van der Waals surface area contributed by atoms with Crippen LogP contribution in [0, 0.1) is 0 Å². The number of hydrogen-bond donors (Lipinski definition) is 0. The van der Waals surface area contributed by atoms with Crippen LogP contribution in [0.25, 0.3) is 0 Å². The summed E-state index contributed by atoms with van der Waals surface area (Å²) >= 11 is 9.18. The predicted octanol–water partition coefficient (Wildman–Crippen LogP) is 3.11. The fourth-order valence-electron chi connectivity index (χ4n) is 1.52. The number of ether oxygens (including phenoxy) is 3. The summed E-state index contributed by atoms with van der Waals surface area (Å²) in [5.41, 5.74) is 0.923. The molecule has 0 aliphatic carbocycles. The number of benzene rings is 1. The normalized spacial score (nSPS) is 24.7. The molecule has 0 spiro atoms. The van der Waals surface area contributed by atoms with Crippen LogP contribution in [0.4, 0.5) is 0 Å². The summed E-state index contributed by atoms with van der Waals surface area (Å²) in [5.74, 6) is 1.22. The molecule has 1 aromatic carbocycles. The van der Waals surface area contributed by atoms with E-state index >= 15 is 0 Å². The Morgan fingerprint density at radius 2 is 2.38 bits per heavy atom. The highest BCUT2D eigenvalue weighted by atomic mass is 79.9. The van der Waals surface area contributed by atoms with Crippen molar-refractivity contribution in [3.8, 4) is 5.75 Å². The SMILES string of the molecule is COc1ccc(Br)c(C2OCC(CCl)O2)c1. The zero-order chi connectivity index (χ0) is 11.5. The maximum absolute atomic E-state index is 5.72. The minimum absolute atomic E-state index is 0.0373. The average molecular weight is 308 g/mol. The zero-order valence-corrected chi connectivity index (χ0v) is 11.1. The van der Waals surface area contributed by atoms with E-state index in [0.29, 0.717) is 12.5 Å². The summed E-state index contributed by atoms with van der Waals surface area (Å²) in [6.07, 6.45) is -0.405. The first-order valence-electron chi connectivity index (χ1n) is 4.91. The Hall–Kier alpha value is -0.290. The Morgan fingerprint density at radius 3 is 3.00 bits per heavy atom. The molecule has 2 atom stereocenters. The van der Waals surface area contributed by atoms with Crippen LogP contribution in [0.3, 0.4) is 0 Å². The van der Waals surface area contributed by atoms with E-state index in [9.17, 15) is 0 Å². The Labute approximate surface area is 108 Å². The van der Waals surface area contributed by atoms with Crippen molar-refractivity contribution in [2.45, 2.75) is 12.4 Å². The third-order valence-electron chi connectivity index (χ3n) is 2.38. The molecule has 2 rings (SSSR count). The van der Waals surface area contributed by atoms with E-state index in [1.54, 1.807) is 7.11 Å². The van der Waals surface area contributed by atoms with Crippen LogP contribution in [0.15, 0.2) is 22.7 Å². The van der Waals surface area contributed by atoms with E-state index in [1.165, 1.54) is 0 Å². The summed E-state index contributed by atoms with van der Waals surface area (Å²) in [5, 5.41) is 0. The smallest absolute Gasteiger partial charge is 0.185 e. The zero-order valence-electron chi connectivity index (χ0n) is 8.78. The maximum atomic E-state index is 5.72. The van der Waals surface area contributed by atoms with Crippen LogP contribution in [-0.4, -0.2) is 25.7 Å². The van der Waals surface area contributed by atoms with Crippen molar-refractivity contribution in [2.24, 2.45) is 0 Å². The molecule has 0 aromatic heterocycles. The summed E-state index contributed by atoms with van der Waals surface area (Å²) in [6.45, 7) is 0.526. The fraction of sp³-hybridized carbons (Fsp3) is 0.455. The monoisotopic (exact) mass is 306 g/mol. The van der Waals surface area contributed by atoms with E-state index in [0.717, 1.165) is 15.8 Å².